The number of nitrogens with one attached hydrogen (secondary N) is 1. The number of hydrogen-bond acceptors (Lipinski definition) is 4. The summed E-state index contributed by atoms with van der Waals surface area (Å²) in [5.41, 5.74) is 1.43. The summed E-state index contributed by atoms with van der Waals surface area (Å²) in [6.07, 6.45) is 3.20. The molecule has 28 heavy (non-hydrogen) atoms. The molecule has 1 aromatic carbocycles. The summed E-state index contributed by atoms with van der Waals surface area (Å²) in [5.74, 6) is 0.629. The first-order valence-corrected chi connectivity index (χ1v) is 10.0. The van der Waals surface area contributed by atoms with Crippen molar-refractivity contribution in [2.75, 3.05) is 13.1 Å². The molecule has 1 aliphatic heterocycles. The Morgan fingerprint density at radius 3 is 2.57 bits per heavy atom. The zero-order valence-electron chi connectivity index (χ0n) is 15.2. The number of aromatic nitrogens is 3. The molecular formula is C20H20BrN5O2. The van der Waals surface area contributed by atoms with Crippen molar-refractivity contribution in [1.29, 1.82) is 0 Å². The van der Waals surface area contributed by atoms with E-state index >= 15 is 0 Å². The highest BCUT2D eigenvalue weighted by Gasteiger charge is 2.27. The van der Waals surface area contributed by atoms with Gasteiger partial charge in [0, 0.05) is 35.2 Å². The Hall–Kier alpha value is -2.74. The zero-order valence-corrected chi connectivity index (χ0v) is 16.8. The molecule has 0 atom stereocenters. The molecule has 0 saturated carbocycles. The number of hydrogen-bond donors (Lipinski definition) is 1. The van der Waals surface area contributed by atoms with Crippen LogP contribution in [-0.2, 0) is 11.3 Å². The minimum absolute atomic E-state index is 0.00317. The van der Waals surface area contributed by atoms with Crippen LogP contribution in [0.4, 0.5) is 0 Å². The first kappa shape index (κ1) is 18.6. The Labute approximate surface area is 170 Å². The van der Waals surface area contributed by atoms with E-state index in [1.54, 1.807) is 0 Å². The third-order valence-corrected chi connectivity index (χ3v) is 5.58. The average molecular weight is 442 g/mol. The van der Waals surface area contributed by atoms with Crippen molar-refractivity contribution < 1.29 is 9.59 Å². The fourth-order valence-corrected chi connectivity index (χ4v) is 3.71. The Bertz CT molecular complexity index is 993. The van der Waals surface area contributed by atoms with Crippen LogP contribution in [-0.4, -0.2) is 44.4 Å². The number of piperidine rings is 1. The number of benzene rings is 1. The lowest BCUT2D eigenvalue weighted by Gasteiger charge is -2.31. The second kappa shape index (κ2) is 8.10. The van der Waals surface area contributed by atoms with Crippen LogP contribution in [0.15, 0.2) is 53.1 Å². The Kier molecular flexibility index (Phi) is 5.38. The molecule has 0 bridgehead atoms. The molecule has 0 unspecified atom stereocenters. The third kappa shape index (κ3) is 3.91. The van der Waals surface area contributed by atoms with Crippen molar-refractivity contribution >= 4 is 33.4 Å². The van der Waals surface area contributed by atoms with Gasteiger partial charge in [0.05, 0.1) is 6.54 Å². The summed E-state index contributed by atoms with van der Waals surface area (Å²) in [4.78, 5) is 26.9. The normalized spacial score (nSPS) is 15.0. The standard InChI is InChI=1S/C20H20BrN5O2/c21-16-6-4-15(5-7-16)20(28)25-11-8-14(9-12-25)19(27)22-13-18-24-23-17-3-1-2-10-26(17)18/h1-7,10,14H,8-9,11-13H2,(H,22,27). The van der Waals surface area contributed by atoms with Gasteiger partial charge in [-0.15, -0.1) is 10.2 Å². The van der Waals surface area contributed by atoms with E-state index in [1.165, 1.54) is 0 Å². The summed E-state index contributed by atoms with van der Waals surface area (Å²) in [5, 5.41) is 11.2. The summed E-state index contributed by atoms with van der Waals surface area (Å²) in [6.45, 7) is 1.50. The van der Waals surface area contributed by atoms with Crippen molar-refractivity contribution in [3.63, 3.8) is 0 Å². The van der Waals surface area contributed by atoms with Gasteiger partial charge in [0.1, 0.15) is 0 Å². The van der Waals surface area contributed by atoms with Gasteiger partial charge >= 0.3 is 0 Å². The third-order valence-electron chi connectivity index (χ3n) is 5.05. The topological polar surface area (TPSA) is 79.6 Å². The SMILES string of the molecule is O=C(NCc1nnc2ccccn12)C1CCN(C(=O)c2ccc(Br)cc2)CC1. The number of nitrogens with zero attached hydrogens (tertiary/aromatic N) is 4. The second-order valence-corrected chi connectivity index (χ2v) is 7.75. The fraction of sp³-hybridized carbons (Fsp3) is 0.300. The molecule has 3 heterocycles. The van der Waals surface area contributed by atoms with Gasteiger partial charge in [-0.2, -0.15) is 0 Å². The molecule has 0 radical (unpaired) electrons. The van der Waals surface area contributed by atoms with Crippen LogP contribution >= 0.6 is 15.9 Å². The van der Waals surface area contributed by atoms with E-state index in [-0.39, 0.29) is 17.7 Å². The van der Waals surface area contributed by atoms with Crippen LogP contribution in [0.3, 0.4) is 0 Å². The van der Waals surface area contributed by atoms with Crippen LogP contribution < -0.4 is 5.32 Å². The number of fused-ring (bicyclic) bond motifs is 1. The predicted molar refractivity (Wildman–Crippen MR) is 108 cm³/mol. The number of carbonyl (C=O) groups is 2. The first-order valence-electron chi connectivity index (χ1n) is 9.23. The molecule has 8 heteroatoms. The maximum Gasteiger partial charge on any atom is 0.253 e. The molecule has 0 spiro atoms. The van der Waals surface area contributed by atoms with Crippen molar-refractivity contribution in [1.82, 2.24) is 24.8 Å². The lowest BCUT2D eigenvalue weighted by atomic mass is 9.95. The molecule has 2 amide bonds. The molecule has 7 nitrogen and oxygen atoms in total. The maximum absolute atomic E-state index is 12.6. The molecule has 0 aliphatic carbocycles. The number of pyridine rings is 1. The lowest BCUT2D eigenvalue weighted by Crippen LogP contribution is -2.43. The molecule has 1 N–H and O–H groups in total. The maximum atomic E-state index is 12.6. The average Bonchev–Trinajstić information content (AvgIpc) is 3.15. The number of carbonyl (C=O) groups excluding carboxylic acids is 2. The van der Waals surface area contributed by atoms with Crippen molar-refractivity contribution in [3.05, 3.63) is 64.5 Å². The van der Waals surface area contributed by atoms with E-state index in [0.29, 0.717) is 43.9 Å². The monoisotopic (exact) mass is 441 g/mol. The molecule has 2 aromatic heterocycles. The highest BCUT2D eigenvalue weighted by Crippen LogP contribution is 2.20. The highest BCUT2D eigenvalue weighted by atomic mass is 79.9. The number of amides is 2. The quantitative estimate of drug-likeness (QED) is 0.674. The van der Waals surface area contributed by atoms with E-state index in [2.05, 4.69) is 31.4 Å². The molecule has 144 valence electrons. The summed E-state index contributed by atoms with van der Waals surface area (Å²) >= 11 is 3.38. The van der Waals surface area contributed by atoms with Gasteiger partial charge in [0.2, 0.25) is 5.91 Å². The minimum Gasteiger partial charge on any atom is -0.349 e. The van der Waals surface area contributed by atoms with E-state index < -0.39 is 0 Å². The van der Waals surface area contributed by atoms with Crippen LogP contribution in [0.2, 0.25) is 0 Å². The zero-order chi connectivity index (χ0) is 19.5. The first-order chi connectivity index (χ1) is 13.6. The molecule has 3 aromatic rings. The molecule has 1 aliphatic rings. The van der Waals surface area contributed by atoms with Gasteiger partial charge in [0.15, 0.2) is 11.5 Å². The number of halogens is 1. The smallest absolute Gasteiger partial charge is 0.253 e. The number of likely N-dealkylation sites (tertiary alicyclic amines) is 1. The van der Waals surface area contributed by atoms with Gasteiger partial charge in [-0.05, 0) is 49.2 Å². The van der Waals surface area contributed by atoms with Gasteiger partial charge in [-0.25, -0.2) is 0 Å². The summed E-state index contributed by atoms with van der Waals surface area (Å²) in [7, 11) is 0. The Morgan fingerprint density at radius 1 is 1.07 bits per heavy atom. The summed E-state index contributed by atoms with van der Waals surface area (Å²) in [6, 6.07) is 13.0. The number of rotatable bonds is 4. The highest BCUT2D eigenvalue weighted by molar-refractivity contribution is 9.10. The predicted octanol–water partition coefficient (Wildman–Crippen LogP) is 2.66. The Morgan fingerprint density at radius 2 is 1.82 bits per heavy atom. The molecular weight excluding hydrogens is 422 g/mol. The Balaban J connectivity index is 1.30. The minimum atomic E-state index is -0.0897. The van der Waals surface area contributed by atoms with Crippen molar-refractivity contribution in [3.8, 4) is 0 Å². The molecule has 4 rings (SSSR count). The molecule has 1 fully saturated rings. The van der Waals surface area contributed by atoms with Crippen LogP contribution in [0, 0.1) is 5.92 Å². The van der Waals surface area contributed by atoms with Crippen LogP contribution in [0.25, 0.3) is 5.65 Å². The second-order valence-electron chi connectivity index (χ2n) is 6.84. The van der Waals surface area contributed by atoms with Crippen molar-refractivity contribution in [2.24, 2.45) is 5.92 Å². The van der Waals surface area contributed by atoms with E-state index in [0.717, 1.165) is 10.1 Å². The molecule has 1 saturated heterocycles. The van der Waals surface area contributed by atoms with Gasteiger partial charge in [-0.1, -0.05) is 22.0 Å². The van der Waals surface area contributed by atoms with Crippen LogP contribution in [0.5, 0.6) is 0 Å². The van der Waals surface area contributed by atoms with E-state index in [1.807, 2.05) is 58.0 Å². The van der Waals surface area contributed by atoms with Gasteiger partial charge in [0.25, 0.3) is 5.91 Å². The van der Waals surface area contributed by atoms with E-state index in [4.69, 9.17) is 0 Å². The largest absolute Gasteiger partial charge is 0.349 e. The summed E-state index contributed by atoms with van der Waals surface area (Å²) < 4.78 is 2.81. The fourth-order valence-electron chi connectivity index (χ4n) is 3.44. The van der Waals surface area contributed by atoms with E-state index in [9.17, 15) is 9.59 Å². The lowest BCUT2D eigenvalue weighted by molar-refractivity contribution is -0.126. The van der Waals surface area contributed by atoms with Crippen molar-refractivity contribution in [2.45, 2.75) is 19.4 Å². The van der Waals surface area contributed by atoms with Gasteiger partial charge < -0.3 is 10.2 Å². The van der Waals surface area contributed by atoms with Gasteiger partial charge in [-0.3, -0.25) is 14.0 Å². The van der Waals surface area contributed by atoms with Crippen LogP contribution in [0.1, 0.15) is 29.0 Å².